The number of piperidine rings is 1. The van der Waals surface area contributed by atoms with Gasteiger partial charge in [-0.05, 0) is 55.6 Å². The Labute approximate surface area is 157 Å². The first-order valence-corrected chi connectivity index (χ1v) is 9.58. The second-order valence-electron chi connectivity index (χ2n) is 6.72. The highest BCUT2D eigenvalue weighted by atomic mass is 79.9. The predicted octanol–water partition coefficient (Wildman–Crippen LogP) is 3.93. The Morgan fingerprint density at radius 2 is 2.16 bits per heavy atom. The summed E-state index contributed by atoms with van der Waals surface area (Å²) in [5, 5.41) is 3.18. The Bertz CT molecular complexity index is 690. The molecule has 0 aliphatic carbocycles. The van der Waals surface area contributed by atoms with Gasteiger partial charge in [0.2, 0.25) is 5.91 Å². The number of rotatable bonds is 5. The smallest absolute Gasteiger partial charge is 0.224 e. The zero-order chi connectivity index (χ0) is 17.6. The van der Waals surface area contributed by atoms with E-state index in [-0.39, 0.29) is 17.9 Å². The van der Waals surface area contributed by atoms with E-state index in [4.69, 9.17) is 0 Å². The Morgan fingerprint density at radius 1 is 1.36 bits per heavy atom. The van der Waals surface area contributed by atoms with Crippen LogP contribution in [-0.2, 0) is 11.3 Å². The van der Waals surface area contributed by atoms with Crippen molar-refractivity contribution in [3.05, 3.63) is 64.4 Å². The molecule has 1 fully saturated rings. The molecular formula is C20H24BrN3O. The molecule has 1 saturated heterocycles. The lowest BCUT2D eigenvalue weighted by atomic mass is 9.96. The van der Waals surface area contributed by atoms with Crippen LogP contribution in [0.3, 0.4) is 0 Å². The van der Waals surface area contributed by atoms with Gasteiger partial charge in [0.1, 0.15) is 0 Å². The van der Waals surface area contributed by atoms with Gasteiger partial charge in [0.15, 0.2) is 0 Å². The first-order chi connectivity index (χ1) is 12.1. The molecule has 0 spiro atoms. The summed E-state index contributed by atoms with van der Waals surface area (Å²) in [6.45, 7) is 4.76. The summed E-state index contributed by atoms with van der Waals surface area (Å²) in [5.41, 5.74) is 2.33. The molecule has 0 radical (unpaired) electrons. The van der Waals surface area contributed by atoms with Gasteiger partial charge in [-0.25, -0.2) is 0 Å². The predicted molar refractivity (Wildman–Crippen MR) is 103 cm³/mol. The monoisotopic (exact) mass is 401 g/mol. The Hall–Kier alpha value is -1.72. The van der Waals surface area contributed by atoms with Crippen LogP contribution in [0, 0.1) is 5.92 Å². The summed E-state index contributed by atoms with van der Waals surface area (Å²) in [6, 6.07) is 12.2. The van der Waals surface area contributed by atoms with E-state index in [9.17, 15) is 4.79 Å². The maximum atomic E-state index is 12.7. The molecule has 0 bridgehead atoms. The summed E-state index contributed by atoms with van der Waals surface area (Å²) in [5.74, 6) is 0.217. The van der Waals surface area contributed by atoms with Crippen molar-refractivity contribution in [3.8, 4) is 0 Å². The average Bonchev–Trinajstić information content (AvgIpc) is 2.63. The van der Waals surface area contributed by atoms with Crippen LogP contribution in [0.15, 0.2) is 53.3 Å². The number of nitrogens with zero attached hydrogens (tertiary/aromatic N) is 2. The molecule has 1 amide bonds. The van der Waals surface area contributed by atoms with Crippen molar-refractivity contribution in [1.29, 1.82) is 0 Å². The van der Waals surface area contributed by atoms with Crippen LogP contribution >= 0.6 is 15.9 Å². The third-order valence-electron chi connectivity index (χ3n) is 4.73. The molecule has 1 aromatic heterocycles. The minimum absolute atomic E-state index is 0.0225. The van der Waals surface area contributed by atoms with Crippen LogP contribution in [-0.4, -0.2) is 28.9 Å². The van der Waals surface area contributed by atoms with E-state index in [0.29, 0.717) is 0 Å². The number of benzene rings is 1. The fraction of sp³-hybridized carbons (Fsp3) is 0.400. The van der Waals surface area contributed by atoms with Gasteiger partial charge in [-0.2, -0.15) is 0 Å². The van der Waals surface area contributed by atoms with Gasteiger partial charge in [0.25, 0.3) is 0 Å². The molecule has 1 aromatic carbocycles. The fourth-order valence-corrected chi connectivity index (χ4v) is 3.59. The molecule has 132 valence electrons. The molecule has 2 aromatic rings. The van der Waals surface area contributed by atoms with Crippen LogP contribution < -0.4 is 5.32 Å². The molecule has 25 heavy (non-hydrogen) atoms. The van der Waals surface area contributed by atoms with Crippen molar-refractivity contribution in [2.75, 3.05) is 13.1 Å². The number of nitrogens with one attached hydrogen (secondary N) is 1. The van der Waals surface area contributed by atoms with E-state index >= 15 is 0 Å². The number of hydrogen-bond donors (Lipinski definition) is 1. The van der Waals surface area contributed by atoms with Crippen molar-refractivity contribution in [2.24, 2.45) is 5.92 Å². The minimum Gasteiger partial charge on any atom is -0.349 e. The number of carbonyl (C=O) groups excluding carboxylic acids is 1. The van der Waals surface area contributed by atoms with Gasteiger partial charge in [0.05, 0.1) is 12.0 Å². The van der Waals surface area contributed by atoms with Crippen LogP contribution in [0.1, 0.15) is 36.9 Å². The lowest BCUT2D eigenvalue weighted by Crippen LogP contribution is -2.43. The Morgan fingerprint density at radius 3 is 2.88 bits per heavy atom. The number of likely N-dealkylation sites (tertiary alicyclic amines) is 1. The second kappa shape index (κ2) is 8.59. The van der Waals surface area contributed by atoms with Crippen molar-refractivity contribution in [2.45, 2.75) is 32.4 Å². The standard InChI is InChI=1S/C20H24BrN3O/c1-15(17-6-8-19(21)9-7-17)23-20(25)18-5-3-11-24(14-18)13-16-4-2-10-22-12-16/h2,4,6-10,12,15,18H,3,5,11,13-14H2,1H3,(H,23,25)/t15-,18+/m1/s1. The number of hydrogen-bond acceptors (Lipinski definition) is 3. The van der Waals surface area contributed by atoms with E-state index in [1.807, 2.05) is 43.5 Å². The van der Waals surface area contributed by atoms with Gasteiger partial charge in [0, 0.05) is 30.0 Å². The maximum Gasteiger partial charge on any atom is 0.224 e. The van der Waals surface area contributed by atoms with E-state index < -0.39 is 0 Å². The molecule has 0 saturated carbocycles. The van der Waals surface area contributed by atoms with Gasteiger partial charge < -0.3 is 5.32 Å². The largest absolute Gasteiger partial charge is 0.349 e. The van der Waals surface area contributed by atoms with Crippen molar-refractivity contribution >= 4 is 21.8 Å². The molecule has 2 heterocycles. The highest BCUT2D eigenvalue weighted by molar-refractivity contribution is 9.10. The number of halogens is 1. The van der Waals surface area contributed by atoms with E-state index in [2.05, 4.69) is 37.2 Å². The van der Waals surface area contributed by atoms with Crippen LogP contribution in [0.2, 0.25) is 0 Å². The van der Waals surface area contributed by atoms with Crippen molar-refractivity contribution in [1.82, 2.24) is 15.2 Å². The van der Waals surface area contributed by atoms with Crippen molar-refractivity contribution < 1.29 is 4.79 Å². The van der Waals surface area contributed by atoms with Crippen LogP contribution in [0.4, 0.5) is 0 Å². The number of pyridine rings is 1. The normalized spacial score (nSPS) is 19.4. The van der Waals surface area contributed by atoms with Crippen LogP contribution in [0.25, 0.3) is 0 Å². The van der Waals surface area contributed by atoms with E-state index in [0.717, 1.165) is 42.5 Å². The zero-order valence-corrected chi connectivity index (χ0v) is 16.1. The summed E-state index contributed by atoms with van der Waals surface area (Å²) in [6.07, 6.45) is 5.71. The van der Waals surface area contributed by atoms with Gasteiger partial charge in [-0.15, -0.1) is 0 Å². The summed E-state index contributed by atoms with van der Waals surface area (Å²) in [7, 11) is 0. The first kappa shape index (κ1) is 18.1. The highest BCUT2D eigenvalue weighted by Gasteiger charge is 2.26. The third kappa shape index (κ3) is 5.13. The second-order valence-corrected chi connectivity index (χ2v) is 7.63. The molecule has 5 heteroatoms. The van der Waals surface area contributed by atoms with E-state index in [1.54, 1.807) is 6.20 Å². The maximum absolute atomic E-state index is 12.7. The highest BCUT2D eigenvalue weighted by Crippen LogP contribution is 2.21. The number of aromatic nitrogens is 1. The third-order valence-corrected chi connectivity index (χ3v) is 5.26. The van der Waals surface area contributed by atoms with Crippen LogP contribution in [0.5, 0.6) is 0 Å². The lowest BCUT2D eigenvalue weighted by Gasteiger charge is -2.32. The topological polar surface area (TPSA) is 45.2 Å². The lowest BCUT2D eigenvalue weighted by molar-refractivity contribution is -0.127. The molecule has 1 aliphatic rings. The quantitative estimate of drug-likeness (QED) is 0.824. The zero-order valence-electron chi connectivity index (χ0n) is 14.5. The Kier molecular flexibility index (Phi) is 6.21. The van der Waals surface area contributed by atoms with Gasteiger partial charge in [-0.3, -0.25) is 14.7 Å². The first-order valence-electron chi connectivity index (χ1n) is 8.79. The van der Waals surface area contributed by atoms with Crippen molar-refractivity contribution in [3.63, 3.8) is 0 Å². The summed E-state index contributed by atoms with van der Waals surface area (Å²) < 4.78 is 1.05. The molecule has 2 atom stereocenters. The summed E-state index contributed by atoms with van der Waals surface area (Å²) >= 11 is 3.44. The van der Waals surface area contributed by atoms with E-state index in [1.165, 1.54) is 5.56 Å². The SMILES string of the molecule is C[C@@H](NC(=O)[C@H]1CCCN(Cc2cccnc2)C1)c1ccc(Br)cc1. The fourth-order valence-electron chi connectivity index (χ4n) is 3.33. The molecule has 1 N–H and O–H groups in total. The number of amides is 1. The molecule has 4 nitrogen and oxygen atoms in total. The molecule has 3 rings (SSSR count). The van der Waals surface area contributed by atoms with Gasteiger partial charge in [-0.1, -0.05) is 34.1 Å². The minimum atomic E-state index is 0.0225. The Balaban J connectivity index is 1.55. The molecular weight excluding hydrogens is 378 g/mol. The molecule has 0 unspecified atom stereocenters. The average molecular weight is 402 g/mol. The molecule has 1 aliphatic heterocycles. The number of carbonyl (C=O) groups is 1. The summed E-state index contributed by atoms with van der Waals surface area (Å²) in [4.78, 5) is 19.2. The van der Waals surface area contributed by atoms with Gasteiger partial charge >= 0.3 is 0 Å².